The van der Waals surface area contributed by atoms with Crippen LogP contribution in [0.1, 0.15) is 0 Å². The van der Waals surface area contributed by atoms with Gasteiger partial charge in [0.15, 0.2) is 0 Å². The quantitative estimate of drug-likeness (QED) is 0.798. The summed E-state index contributed by atoms with van der Waals surface area (Å²) in [4.78, 5) is 4.09. The molecular weight excluding hydrogens is 280 g/mol. The third-order valence-electron chi connectivity index (χ3n) is 2.18. The fraction of sp³-hybridized carbons (Fsp3) is 0.0833. The van der Waals surface area contributed by atoms with Crippen molar-refractivity contribution >= 4 is 34.8 Å². The van der Waals surface area contributed by atoms with E-state index in [4.69, 9.17) is 39.5 Å². The van der Waals surface area contributed by atoms with Crippen molar-refractivity contribution in [1.82, 2.24) is 4.98 Å². The minimum absolute atomic E-state index is 0.479. The van der Waals surface area contributed by atoms with Gasteiger partial charge in [-0.1, -0.05) is 34.8 Å². The topological polar surface area (TPSA) is 22.1 Å². The molecule has 5 heteroatoms. The number of aromatic nitrogens is 1. The highest BCUT2D eigenvalue weighted by Crippen LogP contribution is 2.33. The molecule has 1 aromatic heterocycles. The molecule has 0 bridgehead atoms. The summed E-state index contributed by atoms with van der Waals surface area (Å²) in [5.41, 5.74) is 1.57. The van der Waals surface area contributed by atoms with Crippen LogP contribution in [0.15, 0.2) is 30.5 Å². The molecule has 0 fully saturated rings. The maximum Gasteiger partial charge on any atom is 0.221 e. The number of hydrogen-bond acceptors (Lipinski definition) is 2. The molecule has 2 nitrogen and oxygen atoms in total. The second-order valence-corrected chi connectivity index (χ2v) is 4.68. The monoisotopic (exact) mass is 287 g/mol. The third kappa shape index (κ3) is 2.83. The van der Waals surface area contributed by atoms with Crippen LogP contribution >= 0.6 is 34.8 Å². The standard InChI is InChI=1S/C12H8Cl3NO/c1-17-12-11(5-10(15)6-16-12)7-2-8(13)4-9(14)3-7/h2-6H,1H3. The lowest BCUT2D eigenvalue weighted by Crippen LogP contribution is -1.91. The van der Waals surface area contributed by atoms with Crippen molar-refractivity contribution in [2.24, 2.45) is 0 Å². The molecule has 0 saturated carbocycles. The lowest BCUT2D eigenvalue weighted by atomic mass is 10.1. The smallest absolute Gasteiger partial charge is 0.221 e. The van der Waals surface area contributed by atoms with E-state index in [0.717, 1.165) is 11.1 Å². The van der Waals surface area contributed by atoms with Crippen LogP contribution in [-0.4, -0.2) is 12.1 Å². The summed E-state index contributed by atoms with van der Waals surface area (Å²) in [5, 5.41) is 1.63. The first-order valence-electron chi connectivity index (χ1n) is 4.76. The zero-order valence-corrected chi connectivity index (χ0v) is 11.1. The van der Waals surface area contributed by atoms with Gasteiger partial charge in [0.2, 0.25) is 5.88 Å². The van der Waals surface area contributed by atoms with E-state index in [-0.39, 0.29) is 0 Å². The van der Waals surface area contributed by atoms with Crippen LogP contribution in [0.2, 0.25) is 15.1 Å². The molecule has 0 N–H and O–H groups in total. The van der Waals surface area contributed by atoms with Crippen LogP contribution in [-0.2, 0) is 0 Å². The number of nitrogens with zero attached hydrogens (tertiary/aromatic N) is 1. The third-order valence-corrected chi connectivity index (χ3v) is 2.83. The number of methoxy groups -OCH3 is 1. The number of pyridine rings is 1. The van der Waals surface area contributed by atoms with E-state index in [1.165, 1.54) is 6.20 Å². The number of rotatable bonds is 2. The molecule has 0 spiro atoms. The molecule has 0 aliphatic heterocycles. The SMILES string of the molecule is COc1ncc(Cl)cc1-c1cc(Cl)cc(Cl)c1. The van der Waals surface area contributed by atoms with Crippen LogP contribution in [0.3, 0.4) is 0 Å². The molecule has 88 valence electrons. The predicted molar refractivity (Wildman–Crippen MR) is 71.3 cm³/mol. The minimum atomic E-state index is 0.479. The first kappa shape index (κ1) is 12.5. The van der Waals surface area contributed by atoms with E-state index in [0.29, 0.717) is 20.9 Å². The van der Waals surface area contributed by atoms with Gasteiger partial charge in [-0.15, -0.1) is 0 Å². The Morgan fingerprint density at radius 2 is 1.59 bits per heavy atom. The molecular formula is C12H8Cl3NO. The number of hydrogen-bond donors (Lipinski definition) is 0. The first-order valence-corrected chi connectivity index (χ1v) is 5.89. The van der Waals surface area contributed by atoms with E-state index in [1.807, 2.05) is 0 Å². The second-order valence-electron chi connectivity index (χ2n) is 3.37. The summed E-state index contributed by atoms with van der Waals surface area (Å²) in [5.74, 6) is 0.479. The Hall–Kier alpha value is -0.960. The molecule has 0 aliphatic carbocycles. The summed E-state index contributed by atoms with van der Waals surface area (Å²) in [7, 11) is 1.55. The Bertz CT molecular complexity index is 537. The highest BCUT2D eigenvalue weighted by atomic mass is 35.5. The maximum atomic E-state index is 5.96. The zero-order valence-electron chi connectivity index (χ0n) is 8.88. The van der Waals surface area contributed by atoms with Gasteiger partial charge in [0.1, 0.15) is 0 Å². The molecule has 1 aromatic carbocycles. The van der Waals surface area contributed by atoms with Crippen LogP contribution < -0.4 is 4.74 Å². The van der Waals surface area contributed by atoms with E-state index < -0.39 is 0 Å². The zero-order chi connectivity index (χ0) is 12.4. The minimum Gasteiger partial charge on any atom is -0.481 e. The fourth-order valence-corrected chi connectivity index (χ4v) is 2.19. The van der Waals surface area contributed by atoms with Gasteiger partial charge < -0.3 is 4.74 Å². The van der Waals surface area contributed by atoms with E-state index in [9.17, 15) is 0 Å². The number of ether oxygens (including phenoxy) is 1. The second kappa shape index (κ2) is 5.13. The average Bonchev–Trinajstić information content (AvgIpc) is 2.27. The van der Waals surface area contributed by atoms with Crippen LogP contribution in [0.5, 0.6) is 5.88 Å². The number of benzene rings is 1. The summed E-state index contributed by atoms with van der Waals surface area (Å²) >= 11 is 17.8. The van der Waals surface area contributed by atoms with E-state index >= 15 is 0 Å². The highest BCUT2D eigenvalue weighted by molar-refractivity contribution is 6.35. The molecule has 0 amide bonds. The summed E-state index contributed by atoms with van der Waals surface area (Å²) in [6.45, 7) is 0. The van der Waals surface area contributed by atoms with Crippen molar-refractivity contribution in [3.8, 4) is 17.0 Å². The summed E-state index contributed by atoms with van der Waals surface area (Å²) in [6.07, 6.45) is 1.52. The van der Waals surface area contributed by atoms with Crippen LogP contribution in [0.4, 0.5) is 0 Å². The van der Waals surface area contributed by atoms with Crippen molar-refractivity contribution in [2.45, 2.75) is 0 Å². The van der Waals surface area contributed by atoms with Gasteiger partial charge >= 0.3 is 0 Å². The fourth-order valence-electron chi connectivity index (χ4n) is 1.51. The largest absolute Gasteiger partial charge is 0.481 e. The van der Waals surface area contributed by atoms with Gasteiger partial charge in [0, 0.05) is 21.8 Å². The van der Waals surface area contributed by atoms with Crippen molar-refractivity contribution in [1.29, 1.82) is 0 Å². The van der Waals surface area contributed by atoms with E-state index in [1.54, 1.807) is 31.4 Å². The molecule has 0 aliphatic rings. The maximum absolute atomic E-state index is 5.96. The van der Waals surface area contributed by atoms with Gasteiger partial charge in [-0.05, 0) is 29.8 Å². The van der Waals surface area contributed by atoms with Gasteiger partial charge in [-0.3, -0.25) is 0 Å². The molecule has 2 aromatic rings. The lowest BCUT2D eigenvalue weighted by molar-refractivity contribution is 0.399. The summed E-state index contributed by atoms with van der Waals surface area (Å²) in [6, 6.07) is 6.99. The molecule has 0 radical (unpaired) electrons. The Morgan fingerprint density at radius 1 is 0.941 bits per heavy atom. The molecule has 2 rings (SSSR count). The van der Waals surface area contributed by atoms with Crippen molar-refractivity contribution in [3.05, 3.63) is 45.5 Å². The van der Waals surface area contributed by atoms with Crippen molar-refractivity contribution in [3.63, 3.8) is 0 Å². The van der Waals surface area contributed by atoms with Crippen LogP contribution in [0.25, 0.3) is 11.1 Å². The molecule has 0 unspecified atom stereocenters. The van der Waals surface area contributed by atoms with Gasteiger partial charge in [-0.2, -0.15) is 0 Å². The van der Waals surface area contributed by atoms with Gasteiger partial charge in [-0.25, -0.2) is 4.98 Å². The normalized spacial score (nSPS) is 10.4. The molecule has 1 heterocycles. The van der Waals surface area contributed by atoms with Crippen LogP contribution in [0, 0.1) is 0 Å². The van der Waals surface area contributed by atoms with Crippen molar-refractivity contribution in [2.75, 3.05) is 7.11 Å². The Balaban J connectivity index is 2.62. The highest BCUT2D eigenvalue weighted by Gasteiger charge is 2.09. The predicted octanol–water partition coefficient (Wildman–Crippen LogP) is 4.72. The Kier molecular flexibility index (Phi) is 3.77. The average molecular weight is 289 g/mol. The van der Waals surface area contributed by atoms with Crippen molar-refractivity contribution < 1.29 is 4.74 Å². The Morgan fingerprint density at radius 3 is 2.18 bits per heavy atom. The number of halogens is 3. The van der Waals surface area contributed by atoms with Gasteiger partial charge in [0.05, 0.1) is 12.1 Å². The Labute approximate surface area is 114 Å². The van der Waals surface area contributed by atoms with Gasteiger partial charge in [0.25, 0.3) is 0 Å². The van der Waals surface area contributed by atoms with E-state index in [2.05, 4.69) is 4.98 Å². The lowest BCUT2D eigenvalue weighted by Gasteiger charge is -2.08. The first-order chi connectivity index (χ1) is 8.10. The molecule has 0 atom stereocenters. The summed E-state index contributed by atoms with van der Waals surface area (Å²) < 4.78 is 5.18. The molecule has 17 heavy (non-hydrogen) atoms. The molecule has 0 saturated heterocycles.